The molecule has 0 saturated carbocycles. The summed E-state index contributed by atoms with van der Waals surface area (Å²) >= 11 is 0. The fraction of sp³-hybridized carbons (Fsp3) is 0.0204. The summed E-state index contributed by atoms with van der Waals surface area (Å²) in [5, 5.41) is 6.08. The van der Waals surface area contributed by atoms with Gasteiger partial charge in [0.05, 0.1) is 39.1 Å². The maximum atomic E-state index is 5.15. The van der Waals surface area contributed by atoms with Gasteiger partial charge in [-0.3, -0.25) is 0 Å². The molecule has 0 aliphatic heterocycles. The Bertz CT molecular complexity index is 3020. The second kappa shape index (κ2) is 12.3. The van der Waals surface area contributed by atoms with Crippen molar-refractivity contribution in [3.05, 3.63) is 182 Å². The van der Waals surface area contributed by atoms with E-state index in [1.165, 1.54) is 32.4 Å². The molecule has 4 nitrogen and oxygen atoms in total. The predicted molar refractivity (Wildman–Crippen MR) is 223 cm³/mol. The van der Waals surface area contributed by atoms with Crippen molar-refractivity contribution in [1.29, 1.82) is 0 Å². The Morgan fingerprint density at radius 3 is 1.77 bits per heavy atom. The summed E-state index contributed by atoms with van der Waals surface area (Å²) in [6, 6.07) is 55.9. The van der Waals surface area contributed by atoms with Crippen LogP contribution in [0.1, 0.15) is 18.2 Å². The number of allylic oxidation sites excluding steroid dienone is 1. The lowest BCUT2D eigenvalue weighted by Gasteiger charge is -2.14. The van der Waals surface area contributed by atoms with Gasteiger partial charge in [0.15, 0.2) is 5.82 Å². The molecule has 53 heavy (non-hydrogen) atoms. The molecule has 0 radical (unpaired) electrons. The summed E-state index contributed by atoms with van der Waals surface area (Å²) in [5.74, 6) is 0.688. The Kier molecular flexibility index (Phi) is 7.15. The Balaban J connectivity index is 1.25. The molecule has 0 unspecified atom stereocenters. The molecular weight excluding hydrogens is 645 g/mol. The second-order valence-electron chi connectivity index (χ2n) is 13.4. The van der Waals surface area contributed by atoms with Gasteiger partial charge in [-0.1, -0.05) is 128 Å². The molecule has 0 aliphatic carbocycles. The van der Waals surface area contributed by atoms with E-state index in [4.69, 9.17) is 9.97 Å². The van der Waals surface area contributed by atoms with Gasteiger partial charge in [-0.25, -0.2) is 9.97 Å². The minimum absolute atomic E-state index is 0.688. The standard InChI is InChI=1S/C49H34N4/c1-3-16-44-32(4-2)28-47-41-30-48-40(29-39(41)37-23-11-14-26-46(37)53(44)47)38-24-12-13-25-45(38)52(48)36-22-15-21-35(27-36)49-50-42(33-17-7-5-8-18-33)31-43(51-49)34-19-9-6-10-20-34/h3-31H,2H2,1H3/b16-3-. The molecule has 4 heteroatoms. The number of fused-ring (bicyclic) bond motifs is 9. The Labute approximate surface area is 307 Å². The molecule has 6 aromatic carbocycles. The van der Waals surface area contributed by atoms with Crippen molar-refractivity contribution >= 4 is 61.1 Å². The van der Waals surface area contributed by atoms with Gasteiger partial charge in [-0.05, 0) is 66.9 Å². The van der Waals surface area contributed by atoms with Crippen molar-refractivity contribution in [2.45, 2.75) is 6.92 Å². The van der Waals surface area contributed by atoms with Gasteiger partial charge in [-0.2, -0.15) is 0 Å². The summed E-state index contributed by atoms with van der Waals surface area (Å²) in [6.45, 7) is 6.25. The zero-order valence-corrected chi connectivity index (χ0v) is 29.2. The van der Waals surface area contributed by atoms with E-state index < -0.39 is 0 Å². The zero-order chi connectivity index (χ0) is 35.5. The lowest BCUT2D eigenvalue weighted by molar-refractivity contribution is 1.16. The Morgan fingerprint density at radius 1 is 0.491 bits per heavy atom. The number of hydrogen-bond donors (Lipinski definition) is 0. The van der Waals surface area contributed by atoms with E-state index in [2.05, 4.69) is 180 Å². The summed E-state index contributed by atoms with van der Waals surface area (Å²) in [4.78, 5) is 10.3. The highest BCUT2D eigenvalue weighted by atomic mass is 15.0. The first-order chi connectivity index (χ1) is 26.2. The third-order valence-electron chi connectivity index (χ3n) is 10.4. The Morgan fingerprint density at radius 2 is 1.09 bits per heavy atom. The summed E-state index contributed by atoms with van der Waals surface area (Å²) in [5.41, 5.74) is 12.8. The maximum absolute atomic E-state index is 5.15. The molecule has 10 aromatic rings. The van der Waals surface area contributed by atoms with E-state index in [9.17, 15) is 0 Å². The molecule has 4 aromatic heterocycles. The van der Waals surface area contributed by atoms with Crippen molar-refractivity contribution in [1.82, 2.24) is 18.9 Å². The van der Waals surface area contributed by atoms with E-state index in [-0.39, 0.29) is 0 Å². The van der Waals surface area contributed by atoms with Crippen LogP contribution >= 0.6 is 0 Å². The molecule has 0 fully saturated rings. The average Bonchev–Trinajstić information content (AvgIpc) is 3.76. The number of hydrogen-bond acceptors (Lipinski definition) is 2. The molecule has 4 heterocycles. The lowest BCUT2D eigenvalue weighted by atomic mass is 10.0. The number of para-hydroxylation sites is 2. The number of nitrogens with zero attached hydrogens (tertiary/aromatic N) is 4. The van der Waals surface area contributed by atoms with E-state index in [1.54, 1.807) is 0 Å². The molecule has 0 amide bonds. The molecule has 10 rings (SSSR count). The van der Waals surface area contributed by atoms with E-state index >= 15 is 0 Å². The van der Waals surface area contributed by atoms with Crippen LogP contribution < -0.4 is 0 Å². The van der Waals surface area contributed by atoms with Gasteiger partial charge in [0.2, 0.25) is 0 Å². The highest BCUT2D eigenvalue weighted by Crippen LogP contribution is 2.40. The maximum Gasteiger partial charge on any atom is 0.160 e. The molecule has 0 saturated heterocycles. The van der Waals surface area contributed by atoms with Crippen molar-refractivity contribution in [2.24, 2.45) is 0 Å². The minimum atomic E-state index is 0.688. The van der Waals surface area contributed by atoms with Crippen molar-refractivity contribution in [2.75, 3.05) is 0 Å². The summed E-state index contributed by atoms with van der Waals surface area (Å²) in [6.07, 6.45) is 6.24. The van der Waals surface area contributed by atoms with Crippen LogP contribution in [0.15, 0.2) is 170 Å². The average molecular weight is 679 g/mol. The van der Waals surface area contributed by atoms with Crippen LogP contribution in [-0.2, 0) is 0 Å². The van der Waals surface area contributed by atoms with Crippen LogP contribution in [0.2, 0.25) is 0 Å². The number of rotatable bonds is 6. The summed E-state index contributed by atoms with van der Waals surface area (Å²) in [7, 11) is 0. The smallest absolute Gasteiger partial charge is 0.160 e. The van der Waals surface area contributed by atoms with Crippen molar-refractivity contribution in [3.63, 3.8) is 0 Å². The topological polar surface area (TPSA) is 35.1 Å². The van der Waals surface area contributed by atoms with E-state index in [0.717, 1.165) is 61.6 Å². The SMILES string of the molecule is C=Cc1cc2c3cc4c(cc3c3ccccc3n2c1/C=C\C)c1ccccc1n4-c1cccc(-c2nc(-c3ccccc3)cc(-c3ccccc3)n2)c1. The normalized spacial score (nSPS) is 11.9. The number of benzene rings is 6. The highest BCUT2D eigenvalue weighted by molar-refractivity contribution is 6.21. The minimum Gasteiger partial charge on any atom is -0.309 e. The lowest BCUT2D eigenvalue weighted by Crippen LogP contribution is -1.98. The van der Waals surface area contributed by atoms with Gasteiger partial charge < -0.3 is 8.97 Å². The van der Waals surface area contributed by atoms with Crippen LogP contribution in [0.25, 0.3) is 101 Å². The summed E-state index contributed by atoms with van der Waals surface area (Å²) < 4.78 is 4.78. The zero-order valence-electron chi connectivity index (χ0n) is 29.2. The molecule has 0 bridgehead atoms. The van der Waals surface area contributed by atoms with Gasteiger partial charge in [0, 0.05) is 49.5 Å². The third kappa shape index (κ3) is 4.91. The fourth-order valence-corrected chi connectivity index (χ4v) is 7.99. The van der Waals surface area contributed by atoms with Crippen molar-refractivity contribution < 1.29 is 0 Å². The van der Waals surface area contributed by atoms with Crippen LogP contribution in [0.4, 0.5) is 0 Å². The molecule has 0 aliphatic rings. The first kappa shape index (κ1) is 30.8. The molecule has 0 N–H and O–H groups in total. The molecule has 250 valence electrons. The van der Waals surface area contributed by atoms with Crippen molar-refractivity contribution in [3.8, 4) is 39.6 Å². The fourth-order valence-electron chi connectivity index (χ4n) is 7.99. The quantitative estimate of drug-likeness (QED) is 0.164. The largest absolute Gasteiger partial charge is 0.309 e. The van der Waals surface area contributed by atoms with E-state index in [1.807, 2.05) is 18.2 Å². The second-order valence-corrected chi connectivity index (χ2v) is 13.4. The molecule has 0 spiro atoms. The van der Waals surface area contributed by atoms with Crippen LogP contribution in [0.3, 0.4) is 0 Å². The number of pyridine rings is 1. The van der Waals surface area contributed by atoms with Crippen LogP contribution in [0.5, 0.6) is 0 Å². The third-order valence-corrected chi connectivity index (χ3v) is 10.4. The van der Waals surface area contributed by atoms with Crippen LogP contribution in [0, 0.1) is 0 Å². The van der Waals surface area contributed by atoms with Gasteiger partial charge in [0.25, 0.3) is 0 Å². The van der Waals surface area contributed by atoms with Crippen LogP contribution in [-0.4, -0.2) is 18.9 Å². The predicted octanol–water partition coefficient (Wildman–Crippen LogP) is 12.8. The first-order valence-electron chi connectivity index (χ1n) is 18.0. The Hall–Kier alpha value is -7.04. The van der Waals surface area contributed by atoms with Gasteiger partial charge in [-0.15, -0.1) is 0 Å². The highest BCUT2D eigenvalue weighted by Gasteiger charge is 2.19. The van der Waals surface area contributed by atoms with Gasteiger partial charge in [0.1, 0.15) is 0 Å². The molecule has 0 atom stereocenters. The van der Waals surface area contributed by atoms with E-state index in [0.29, 0.717) is 5.82 Å². The monoisotopic (exact) mass is 678 g/mol. The number of aromatic nitrogens is 4. The first-order valence-corrected chi connectivity index (χ1v) is 18.0. The molecular formula is C49H34N4. The van der Waals surface area contributed by atoms with Gasteiger partial charge >= 0.3 is 0 Å².